The molecule has 0 aliphatic carbocycles. The lowest BCUT2D eigenvalue weighted by atomic mass is 10.1. The van der Waals surface area contributed by atoms with Gasteiger partial charge in [0.05, 0.1) is 24.2 Å². The third kappa shape index (κ3) is 3.51. The summed E-state index contributed by atoms with van der Waals surface area (Å²) in [6.45, 7) is 2.76. The van der Waals surface area contributed by atoms with Crippen molar-refractivity contribution in [1.29, 1.82) is 0 Å². The maximum absolute atomic E-state index is 13.1. The number of ether oxygens (including phenoxy) is 4. The van der Waals surface area contributed by atoms with Gasteiger partial charge in [-0.2, -0.15) is 0 Å². The van der Waals surface area contributed by atoms with E-state index in [9.17, 15) is 4.79 Å². The predicted octanol–water partition coefficient (Wildman–Crippen LogP) is 3.92. The monoisotopic (exact) mass is 409 g/mol. The summed E-state index contributed by atoms with van der Waals surface area (Å²) in [5, 5.41) is 0.462. The largest absolute Gasteiger partial charge is 0.493 e. The van der Waals surface area contributed by atoms with Crippen molar-refractivity contribution in [3.8, 4) is 23.0 Å². The van der Waals surface area contributed by atoms with Crippen LogP contribution >= 0.6 is 0 Å². The van der Waals surface area contributed by atoms with Gasteiger partial charge >= 0.3 is 0 Å². The Labute approximate surface area is 173 Å². The molecule has 156 valence electrons. The summed E-state index contributed by atoms with van der Waals surface area (Å²) >= 11 is 0. The van der Waals surface area contributed by atoms with Crippen LogP contribution in [0.3, 0.4) is 0 Å². The fraction of sp³-hybridized carbons (Fsp3) is 0.348. The lowest BCUT2D eigenvalue weighted by Gasteiger charge is -2.30. The highest BCUT2D eigenvalue weighted by atomic mass is 16.5. The van der Waals surface area contributed by atoms with Crippen LogP contribution in [0, 0.1) is 0 Å². The lowest BCUT2D eigenvalue weighted by Crippen LogP contribution is -2.37. The number of hydrogen-bond acceptors (Lipinski definition) is 7. The van der Waals surface area contributed by atoms with E-state index in [1.165, 1.54) is 6.26 Å². The van der Waals surface area contributed by atoms with Gasteiger partial charge in [-0.15, -0.1) is 0 Å². The van der Waals surface area contributed by atoms with Crippen LogP contribution < -0.4 is 19.6 Å². The molecule has 3 aromatic rings. The Morgan fingerprint density at radius 1 is 1.13 bits per heavy atom. The normalized spacial score (nSPS) is 18.8. The molecule has 1 fully saturated rings. The molecule has 2 aliphatic heterocycles. The molecule has 0 amide bonds. The first kappa shape index (κ1) is 19.0. The van der Waals surface area contributed by atoms with Gasteiger partial charge in [-0.1, -0.05) is 12.1 Å². The van der Waals surface area contributed by atoms with Gasteiger partial charge in [0.25, 0.3) is 0 Å². The Hall–Kier alpha value is -3.03. The van der Waals surface area contributed by atoms with Gasteiger partial charge < -0.3 is 23.4 Å². The minimum absolute atomic E-state index is 0.111. The number of methoxy groups -OCH3 is 1. The first-order valence-corrected chi connectivity index (χ1v) is 10.1. The Balaban J connectivity index is 1.46. The summed E-state index contributed by atoms with van der Waals surface area (Å²) in [4.78, 5) is 15.3. The molecular weight excluding hydrogens is 386 g/mol. The Bertz CT molecular complexity index is 1120. The van der Waals surface area contributed by atoms with E-state index in [0.717, 1.165) is 37.3 Å². The first-order chi connectivity index (χ1) is 14.7. The third-order valence-electron chi connectivity index (χ3n) is 5.53. The summed E-state index contributed by atoms with van der Waals surface area (Å²) < 4.78 is 28.6. The van der Waals surface area contributed by atoms with Crippen molar-refractivity contribution in [2.24, 2.45) is 0 Å². The van der Waals surface area contributed by atoms with Crippen LogP contribution in [-0.4, -0.2) is 38.0 Å². The molecule has 30 heavy (non-hydrogen) atoms. The molecule has 7 nitrogen and oxygen atoms in total. The molecule has 5 rings (SSSR count). The minimum Gasteiger partial charge on any atom is -0.493 e. The zero-order valence-electron chi connectivity index (χ0n) is 16.8. The van der Waals surface area contributed by atoms with E-state index in [1.54, 1.807) is 25.3 Å². The van der Waals surface area contributed by atoms with Gasteiger partial charge in [-0.05, 0) is 37.1 Å². The van der Waals surface area contributed by atoms with E-state index < -0.39 is 0 Å². The number of fused-ring (bicyclic) bond motifs is 3. The molecule has 0 bridgehead atoms. The zero-order chi connectivity index (χ0) is 20.5. The van der Waals surface area contributed by atoms with Gasteiger partial charge in [-0.25, -0.2) is 0 Å². The average molecular weight is 409 g/mol. The van der Waals surface area contributed by atoms with E-state index >= 15 is 0 Å². The minimum atomic E-state index is -0.235. The molecule has 1 saturated heterocycles. The van der Waals surface area contributed by atoms with Gasteiger partial charge in [0.2, 0.25) is 11.2 Å². The molecule has 3 heterocycles. The fourth-order valence-corrected chi connectivity index (χ4v) is 4.02. The number of nitrogens with zero attached hydrogens (tertiary/aromatic N) is 1. The molecule has 0 unspecified atom stereocenters. The molecular formula is C23H23NO6. The van der Waals surface area contributed by atoms with Crippen molar-refractivity contribution in [1.82, 2.24) is 4.90 Å². The quantitative estimate of drug-likeness (QED) is 0.632. The van der Waals surface area contributed by atoms with Crippen LogP contribution in [0.4, 0.5) is 0 Å². The van der Waals surface area contributed by atoms with Gasteiger partial charge in [0.15, 0.2) is 11.5 Å². The van der Waals surface area contributed by atoms with Crippen molar-refractivity contribution in [2.45, 2.75) is 25.5 Å². The molecule has 1 atom stereocenters. The molecule has 7 heteroatoms. The van der Waals surface area contributed by atoms with Crippen molar-refractivity contribution in [2.75, 3.05) is 27.0 Å². The van der Waals surface area contributed by atoms with Crippen LogP contribution in [0.2, 0.25) is 0 Å². The van der Waals surface area contributed by atoms with Crippen molar-refractivity contribution in [3.05, 3.63) is 58.4 Å². The van der Waals surface area contributed by atoms with Crippen LogP contribution in [0.25, 0.3) is 11.0 Å². The molecule has 0 N–H and O–H groups in total. The topological polar surface area (TPSA) is 70.4 Å². The highest BCUT2D eigenvalue weighted by molar-refractivity contribution is 5.83. The van der Waals surface area contributed by atoms with Gasteiger partial charge in [-0.3, -0.25) is 9.69 Å². The third-order valence-corrected chi connectivity index (χ3v) is 5.53. The molecule has 0 radical (unpaired) electrons. The molecule has 2 aliphatic rings. The highest BCUT2D eigenvalue weighted by Crippen LogP contribution is 2.34. The zero-order valence-corrected chi connectivity index (χ0v) is 16.8. The van der Waals surface area contributed by atoms with Crippen molar-refractivity contribution < 1.29 is 23.4 Å². The van der Waals surface area contributed by atoms with Crippen LogP contribution in [-0.2, 0) is 11.3 Å². The van der Waals surface area contributed by atoms with Crippen LogP contribution in [0.15, 0.2) is 51.9 Å². The van der Waals surface area contributed by atoms with Crippen molar-refractivity contribution in [3.63, 3.8) is 0 Å². The lowest BCUT2D eigenvalue weighted by molar-refractivity contribution is 0.0281. The fourth-order valence-electron chi connectivity index (χ4n) is 4.02. The summed E-state index contributed by atoms with van der Waals surface area (Å²) in [5.41, 5.74) is 1.17. The Morgan fingerprint density at radius 2 is 2.00 bits per heavy atom. The Kier molecular flexibility index (Phi) is 5.06. The van der Waals surface area contributed by atoms with Crippen molar-refractivity contribution >= 4 is 11.0 Å². The highest BCUT2D eigenvalue weighted by Gasteiger charge is 2.26. The van der Waals surface area contributed by atoms with Gasteiger partial charge in [0, 0.05) is 19.7 Å². The molecule has 1 aromatic heterocycles. The summed E-state index contributed by atoms with van der Waals surface area (Å²) in [6, 6.07) is 10.7. The SMILES string of the molecule is COc1ccccc1Oc1coc2c3c(ccc2c1=O)OCN(C[C@H]1CCCO1)C3. The standard InChI is InChI=1S/C23H23NO6/c1-26-19-6-2-3-7-20(19)30-21-13-28-23-16(22(21)25)8-9-18-17(23)12-24(14-29-18)11-15-5-4-10-27-15/h2-3,6-9,13,15H,4-5,10-12,14H2,1H3/t15-/m1/s1. The number of para-hydroxylation sites is 2. The second-order valence-electron chi connectivity index (χ2n) is 7.52. The molecule has 0 spiro atoms. The number of hydrogen-bond donors (Lipinski definition) is 0. The Morgan fingerprint density at radius 3 is 2.80 bits per heavy atom. The predicted molar refractivity (Wildman–Crippen MR) is 110 cm³/mol. The van der Waals surface area contributed by atoms with Gasteiger partial charge in [0.1, 0.15) is 24.3 Å². The number of benzene rings is 2. The second-order valence-corrected chi connectivity index (χ2v) is 7.52. The number of rotatable bonds is 5. The van der Waals surface area contributed by atoms with E-state index in [4.69, 9.17) is 23.4 Å². The van der Waals surface area contributed by atoms with E-state index in [1.807, 2.05) is 18.2 Å². The summed E-state index contributed by atoms with van der Waals surface area (Å²) in [6.07, 6.45) is 3.76. The van der Waals surface area contributed by atoms with E-state index in [-0.39, 0.29) is 17.3 Å². The maximum Gasteiger partial charge on any atom is 0.235 e. The van der Waals surface area contributed by atoms with E-state index in [2.05, 4.69) is 4.90 Å². The maximum atomic E-state index is 13.1. The van der Waals surface area contributed by atoms with Crippen LogP contribution in [0.1, 0.15) is 18.4 Å². The average Bonchev–Trinajstić information content (AvgIpc) is 3.29. The second kappa shape index (κ2) is 8.01. The van der Waals surface area contributed by atoms with Crippen LogP contribution in [0.5, 0.6) is 23.0 Å². The summed E-state index contributed by atoms with van der Waals surface area (Å²) in [7, 11) is 1.56. The first-order valence-electron chi connectivity index (χ1n) is 10.1. The smallest absolute Gasteiger partial charge is 0.235 e. The van der Waals surface area contributed by atoms with E-state index in [0.29, 0.717) is 35.7 Å². The molecule has 0 saturated carbocycles. The molecule has 2 aromatic carbocycles. The summed E-state index contributed by atoms with van der Waals surface area (Å²) in [5.74, 6) is 1.85.